The lowest BCUT2D eigenvalue weighted by Gasteiger charge is -2.24. The Kier molecular flexibility index (Phi) is 3.42. The first-order chi connectivity index (χ1) is 6.88. The van der Waals surface area contributed by atoms with Crippen molar-refractivity contribution in [1.82, 2.24) is 15.0 Å². The summed E-state index contributed by atoms with van der Waals surface area (Å²) in [5.74, 6) is 4.00. The SMILES string of the molecule is CCc1noc(CN2CCSCC2)n1. The summed E-state index contributed by atoms with van der Waals surface area (Å²) in [5.41, 5.74) is 0. The topological polar surface area (TPSA) is 42.2 Å². The summed E-state index contributed by atoms with van der Waals surface area (Å²) in [6, 6.07) is 0. The van der Waals surface area contributed by atoms with Gasteiger partial charge in [-0.05, 0) is 0 Å². The number of nitrogens with zero attached hydrogens (tertiary/aromatic N) is 3. The average molecular weight is 213 g/mol. The Hall–Kier alpha value is -0.550. The summed E-state index contributed by atoms with van der Waals surface area (Å²) >= 11 is 2.01. The van der Waals surface area contributed by atoms with E-state index in [1.165, 1.54) is 11.5 Å². The van der Waals surface area contributed by atoms with E-state index in [9.17, 15) is 0 Å². The Morgan fingerprint density at radius 1 is 1.43 bits per heavy atom. The number of hydrogen-bond donors (Lipinski definition) is 0. The van der Waals surface area contributed by atoms with E-state index in [2.05, 4.69) is 15.0 Å². The van der Waals surface area contributed by atoms with Gasteiger partial charge in [0.2, 0.25) is 5.89 Å². The zero-order valence-electron chi connectivity index (χ0n) is 8.40. The third-order valence-electron chi connectivity index (χ3n) is 2.29. The molecule has 0 bridgehead atoms. The van der Waals surface area contributed by atoms with Crippen LogP contribution in [0.1, 0.15) is 18.6 Å². The lowest BCUT2D eigenvalue weighted by atomic mass is 10.4. The van der Waals surface area contributed by atoms with Gasteiger partial charge in [0.1, 0.15) is 0 Å². The van der Waals surface area contributed by atoms with Gasteiger partial charge in [0.15, 0.2) is 5.82 Å². The summed E-state index contributed by atoms with van der Waals surface area (Å²) in [6.07, 6.45) is 0.847. The molecule has 4 nitrogen and oxygen atoms in total. The zero-order chi connectivity index (χ0) is 9.80. The predicted molar refractivity (Wildman–Crippen MR) is 56.3 cm³/mol. The Morgan fingerprint density at radius 3 is 2.86 bits per heavy atom. The summed E-state index contributed by atoms with van der Waals surface area (Å²) in [7, 11) is 0. The van der Waals surface area contributed by atoms with Crippen LogP contribution in [0.3, 0.4) is 0 Å². The Morgan fingerprint density at radius 2 is 2.21 bits per heavy atom. The first kappa shape index (κ1) is 9.98. The van der Waals surface area contributed by atoms with Crippen molar-refractivity contribution in [2.24, 2.45) is 0 Å². The van der Waals surface area contributed by atoms with Crippen LogP contribution >= 0.6 is 11.8 Å². The number of hydrogen-bond acceptors (Lipinski definition) is 5. The van der Waals surface area contributed by atoms with Crippen LogP contribution in [0.5, 0.6) is 0 Å². The van der Waals surface area contributed by atoms with Crippen LogP contribution < -0.4 is 0 Å². The molecule has 1 saturated heterocycles. The maximum atomic E-state index is 5.15. The Bertz CT molecular complexity index is 283. The molecule has 0 radical (unpaired) electrons. The minimum Gasteiger partial charge on any atom is -0.338 e. The number of aromatic nitrogens is 2. The van der Waals surface area contributed by atoms with E-state index in [1.54, 1.807) is 0 Å². The van der Waals surface area contributed by atoms with Crippen LogP contribution in [0.4, 0.5) is 0 Å². The molecular formula is C9H15N3OS. The van der Waals surface area contributed by atoms with E-state index in [0.717, 1.165) is 37.8 Å². The van der Waals surface area contributed by atoms with Gasteiger partial charge in [-0.1, -0.05) is 12.1 Å². The summed E-state index contributed by atoms with van der Waals surface area (Å²) in [4.78, 5) is 6.66. The standard InChI is InChI=1S/C9H15N3OS/c1-2-8-10-9(13-11-8)7-12-3-5-14-6-4-12/h2-7H2,1H3. The normalized spacial score (nSPS) is 18.6. The molecular weight excluding hydrogens is 198 g/mol. The van der Waals surface area contributed by atoms with Gasteiger partial charge in [-0.3, -0.25) is 4.90 Å². The van der Waals surface area contributed by atoms with E-state index in [1.807, 2.05) is 18.7 Å². The van der Waals surface area contributed by atoms with Crippen molar-refractivity contribution in [3.05, 3.63) is 11.7 Å². The van der Waals surface area contributed by atoms with Crippen molar-refractivity contribution in [2.45, 2.75) is 19.9 Å². The first-order valence-corrected chi connectivity index (χ1v) is 6.15. The minimum atomic E-state index is 0.758. The van der Waals surface area contributed by atoms with E-state index in [-0.39, 0.29) is 0 Å². The lowest BCUT2D eigenvalue weighted by Crippen LogP contribution is -2.32. The van der Waals surface area contributed by atoms with Crippen LogP contribution in [-0.4, -0.2) is 39.6 Å². The molecule has 0 saturated carbocycles. The molecule has 1 aromatic rings. The van der Waals surface area contributed by atoms with Gasteiger partial charge < -0.3 is 4.52 Å². The predicted octanol–water partition coefficient (Wildman–Crippen LogP) is 1.18. The summed E-state index contributed by atoms with van der Waals surface area (Å²) < 4.78 is 5.15. The van der Waals surface area contributed by atoms with E-state index in [4.69, 9.17) is 4.52 Å². The van der Waals surface area contributed by atoms with Crippen LogP contribution in [-0.2, 0) is 13.0 Å². The molecule has 14 heavy (non-hydrogen) atoms. The van der Waals surface area contributed by atoms with Gasteiger partial charge in [0.25, 0.3) is 0 Å². The summed E-state index contributed by atoms with van der Waals surface area (Å²) in [6.45, 7) is 5.11. The minimum absolute atomic E-state index is 0.758. The largest absolute Gasteiger partial charge is 0.338 e. The number of thioether (sulfide) groups is 1. The highest BCUT2D eigenvalue weighted by Crippen LogP contribution is 2.11. The van der Waals surface area contributed by atoms with Crippen LogP contribution in [0.15, 0.2) is 4.52 Å². The summed E-state index contributed by atoms with van der Waals surface area (Å²) in [5, 5.41) is 3.88. The molecule has 78 valence electrons. The third-order valence-corrected chi connectivity index (χ3v) is 3.23. The van der Waals surface area contributed by atoms with E-state index in [0.29, 0.717) is 0 Å². The number of aryl methyl sites for hydroxylation is 1. The fourth-order valence-electron chi connectivity index (χ4n) is 1.45. The monoisotopic (exact) mass is 213 g/mol. The van der Waals surface area contributed by atoms with Gasteiger partial charge >= 0.3 is 0 Å². The molecule has 0 spiro atoms. The van der Waals surface area contributed by atoms with Crippen molar-refractivity contribution in [3.8, 4) is 0 Å². The van der Waals surface area contributed by atoms with E-state index < -0.39 is 0 Å². The molecule has 1 aliphatic heterocycles. The first-order valence-electron chi connectivity index (χ1n) is 5.00. The van der Waals surface area contributed by atoms with Crippen molar-refractivity contribution in [2.75, 3.05) is 24.6 Å². The quantitative estimate of drug-likeness (QED) is 0.754. The maximum absolute atomic E-state index is 5.15. The molecule has 2 rings (SSSR count). The van der Waals surface area contributed by atoms with Crippen molar-refractivity contribution < 1.29 is 4.52 Å². The van der Waals surface area contributed by atoms with Crippen molar-refractivity contribution >= 4 is 11.8 Å². The second-order valence-electron chi connectivity index (χ2n) is 3.35. The van der Waals surface area contributed by atoms with Gasteiger partial charge in [-0.25, -0.2) is 0 Å². The second kappa shape index (κ2) is 4.79. The Balaban J connectivity index is 1.89. The second-order valence-corrected chi connectivity index (χ2v) is 4.57. The molecule has 0 unspecified atom stereocenters. The van der Waals surface area contributed by atoms with Crippen molar-refractivity contribution in [3.63, 3.8) is 0 Å². The van der Waals surface area contributed by atoms with E-state index >= 15 is 0 Å². The van der Waals surface area contributed by atoms with Crippen LogP contribution in [0.25, 0.3) is 0 Å². The Labute approximate surface area is 88.0 Å². The fourth-order valence-corrected chi connectivity index (χ4v) is 2.43. The molecule has 0 aliphatic carbocycles. The highest BCUT2D eigenvalue weighted by atomic mass is 32.2. The molecule has 0 aromatic carbocycles. The van der Waals surface area contributed by atoms with Crippen LogP contribution in [0, 0.1) is 0 Å². The highest BCUT2D eigenvalue weighted by molar-refractivity contribution is 7.99. The fraction of sp³-hybridized carbons (Fsp3) is 0.778. The van der Waals surface area contributed by atoms with Gasteiger partial charge in [-0.15, -0.1) is 0 Å². The molecule has 2 heterocycles. The van der Waals surface area contributed by atoms with Gasteiger partial charge in [0.05, 0.1) is 6.54 Å². The smallest absolute Gasteiger partial charge is 0.240 e. The van der Waals surface area contributed by atoms with Gasteiger partial charge in [0, 0.05) is 31.0 Å². The zero-order valence-corrected chi connectivity index (χ0v) is 9.22. The van der Waals surface area contributed by atoms with Crippen LogP contribution in [0.2, 0.25) is 0 Å². The molecule has 0 amide bonds. The molecule has 0 N–H and O–H groups in total. The molecule has 1 aliphatic rings. The third kappa shape index (κ3) is 2.48. The maximum Gasteiger partial charge on any atom is 0.240 e. The average Bonchev–Trinajstić information content (AvgIpc) is 2.67. The highest BCUT2D eigenvalue weighted by Gasteiger charge is 2.14. The molecule has 0 atom stereocenters. The molecule has 1 fully saturated rings. The van der Waals surface area contributed by atoms with Gasteiger partial charge in [-0.2, -0.15) is 16.7 Å². The lowest BCUT2D eigenvalue weighted by molar-refractivity contribution is 0.245. The van der Waals surface area contributed by atoms with Crippen molar-refractivity contribution in [1.29, 1.82) is 0 Å². The molecule has 1 aromatic heterocycles. The number of rotatable bonds is 3. The molecule has 5 heteroatoms.